The van der Waals surface area contributed by atoms with Crippen LogP contribution in [-0.2, 0) is 4.74 Å². The van der Waals surface area contributed by atoms with Crippen LogP contribution in [0.4, 0.5) is 0 Å². The highest BCUT2D eigenvalue weighted by atomic mass is 16.5. The second-order valence-corrected chi connectivity index (χ2v) is 3.34. The maximum absolute atomic E-state index is 7.38. The van der Waals surface area contributed by atoms with Gasteiger partial charge in [-0.2, -0.15) is 0 Å². The van der Waals surface area contributed by atoms with E-state index in [1.165, 1.54) is 0 Å². The van der Waals surface area contributed by atoms with Crippen LogP contribution in [0, 0.1) is 17.2 Å². The molecule has 2 heteroatoms. The van der Waals surface area contributed by atoms with Crippen molar-refractivity contribution in [1.29, 1.82) is 5.41 Å². The van der Waals surface area contributed by atoms with E-state index in [2.05, 4.69) is 13.8 Å². The standard InChI is InChI=1S/C8H15NO/c1-6(2)5-10-8(9)7-3-4-7/h6-7,9H,3-5H2,1-2H3. The van der Waals surface area contributed by atoms with Crippen LogP contribution in [0.5, 0.6) is 0 Å². The van der Waals surface area contributed by atoms with E-state index in [9.17, 15) is 0 Å². The van der Waals surface area contributed by atoms with Crippen LogP contribution in [0.15, 0.2) is 0 Å². The molecule has 0 atom stereocenters. The summed E-state index contributed by atoms with van der Waals surface area (Å²) in [7, 11) is 0. The SMILES string of the molecule is CC(C)COC(=N)C1CC1. The normalized spacial score (nSPS) is 17.5. The summed E-state index contributed by atoms with van der Waals surface area (Å²) in [4.78, 5) is 0. The third-order valence-electron chi connectivity index (χ3n) is 1.52. The Morgan fingerprint density at radius 3 is 2.60 bits per heavy atom. The highest BCUT2D eigenvalue weighted by molar-refractivity contribution is 5.77. The first-order valence-electron chi connectivity index (χ1n) is 3.91. The highest BCUT2D eigenvalue weighted by Crippen LogP contribution is 2.30. The summed E-state index contributed by atoms with van der Waals surface area (Å²) >= 11 is 0. The Kier molecular flexibility index (Phi) is 2.30. The first kappa shape index (κ1) is 7.58. The summed E-state index contributed by atoms with van der Waals surface area (Å²) in [6.45, 7) is 4.90. The van der Waals surface area contributed by atoms with Gasteiger partial charge in [0.25, 0.3) is 0 Å². The van der Waals surface area contributed by atoms with Gasteiger partial charge in [-0.25, -0.2) is 0 Å². The molecule has 0 radical (unpaired) electrons. The average molecular weight is 141 g/mol. The maximum atomic E-state index is 7.38. The van der Waals surface area contributed by atoms with E-state index in [-0.39, 0.29) is 0 Å². The predicted molar refractivity (Wildman–Crippen MR) is 41.2 cm³/mol. The first-order chi connectivity index (χ1) is 4.70. The van der Waals surface area contributed by atoms with Gasteiger partial charge in [0.1, 0.15) is 0 Å². The molecule has 0 aromatic heterocycles. The van der Waals surface area contributed by atoms with Crippen LogP contribution in [0.2, 0.25) is 0 Å². The third kappa shape index (κ3) is 2.38. The van der Waals surface area contributed by atoms with Crippen molar-refractivity contribution in [3.05, 3.63) is 0 Å². The molecule has 1 aliphatic rings. The fourth-order valence-electron chi connectivity index (χ4n) is 0.720. The number of hydrogen-bond acceptors (Lipinski definition) is 2. The zero-order valence-corrected chi connectivity index (χ0v) is 6.68. The molecule has 1 fully saturated rings. The summed E-state index contributed by atoms with van der Waals surface area (Å²) in [5.41, 5.74) is 0. The van der Waals surface area contributed by atoms with Gasteiger partial charge in [0.15, 0.2) is 5.90 Å². The van der Waals surface area contributed by atoms with Crippen LogP contribution in [0.3, 0.4) is 0 Å². The minimum absolute atomic E-state index is 0.471. The Hall–Kier alpha value is -0.530. The molecular weight excluding hydrogens is 126 g/mol. The lowest BCUT2D eigenvalue weighted by Gasteiger charge is -2.07. The molecule has 0 unspecified atom stereocenters. The summed E-state index contributed by atoms with van der Waals surface area (Å²) in [6.07, 6.45) is 2.33. The van der Waals surface area contributed by atoms with Gasteiger partial charge in [0.05, 0.1) is 6.61 Å². The highest BCUT2D eigenvalue weighted by Gasteiger charge is 2.27. The average Bonchev–Trinajstić information content (AvgIpc) is 2.63. The molecule has 1 aliphatic carbocycles. The van der Waals surface area contributed by atoms with E-state index >= 15 is 0 Å². The van der Waals surface area contributed by atoms with Crippen molar-refractivity contribution in [1.82, 2.24) is 0 Å². The predicted octanol–water partition coefficient (Wildman–Crippen LogP) is 2.05. The molecule has 2 nitrogen and oxygen atoms in total. The summed E-state index contributed by atoms with van der Waals surface area (Å²) in [5, 5.41) is 7.38. The van der Waals surface area contributed by atoms with Gasteiger partial charge in [-0.15, -0.1) is 0 Å². The number of nitrogens with one attached hydrogen (secondary N) is 1. The van der Waals surface area contributed by atoms with Crippen molar-refractivity contribution >= 4 is 5.90 Å². The zero-order chi connectivity index (χ0) is 7.56. The molecule has 0 spiro atoms. The van der Waals surface area contributed by atoms with Crippen LogP contribution in [0.1, 0.15) is 26.7 Å². The van der Waals surface area contributed by atoms with Crippen LogP contribution < -0.4 is 0 Å². The lowest BCUT2D eigenvalue weighted by Crippen LogP contribution is -2.10. The zero-order valence-electron chi connectivity index (χ0n) is 6.68. The summed E-state index contributed by atoms with van der Waals surface area (Å²) in [5.74, 6) is 1.52. The van der Waals surface area contributed by atoms with E-state index in [0.29, 0.717) is 24.3 Å². The summed E-state index contributed by atoms with van der Waals surface area (Å²) < 4.78 is 5.21. The minimum atomic E-state index is 0.471. The van der Waals surface area contributed by atoms with E-state index in [4.69, 9.17) is 10.1 Å². The van der Waals surface area contributed by atoms with Gasteiger partial charge in [-0.05, 0) is 18.8 Å². The molecule has 58 valence electrons. The molecule has 10 heavy (non-hydrogen) atoms. The Balaban J connectivity index is 2.06. The number of ether oxygens (including phenoxy) is 1. The van der Waals surface area contributed by atoms with E-state index in [0.717, 1.165) is 12.8 Å². The molecule has 0 aliphatic heterocycles. The molecule has 0 heterocycles. The fraction of sp³-hybridized carbons (Fsp3) is 0.875. The molecule has 0 aromatic carbocycles. The van der Waals surface area contributed by atoms with Gasteiger partial charge in [-0.1, -0.05) is 13.8 Å². The van der Waals surface area contributed by atoms with Gasteiger partial charge < -0.3 is 4.74 Å². The molecular formula is C8H15NO. The topological polar surface area (TPSA) is 33.1 Å². The van der Waals surface area contributed by atoms with Crippen molar-refractivity contribution in [3.8, 4) is 0 Å². The third-order valence-corrected chi connectivity index (χ3v) is 1.52. The quantitative estimate of drug-likeness (QED) is 0.473. The van der Waals surface area contributed by atoms with E-state index in [1.54, 1.807) is 0 Å². The van der Waals surface area contributed by atoms with Crippen LogP contribution >= 0.6 is 0 Å². The number of rotatable bonds is 3. The molecule has 1 rings (SSSR count). The monoisotopic (exact) mass is 141 g/mol. The van der Waals surface area contributed by atoms with Crippen molar-refractivity contribution in [2.45, 2.75) is 26.7 Å². The van der Waals surface area contributed by atoms with Crippen LogP contribution in [0.25, 0.3) is 0 Å². The molecule has 1 N–H and O–H groups in total. The van der Waals surface area contributed by atoms with E-state index < -0.39 is 0 Å². The lowest BCUT2D eigenvalue weighted by molar-refractivity contribution is 0.247. The smallest absolute Gasteiger partial charge is 0.183 e. The van der Waals surface area contributed by atoms with Crippen molar-refractivity contribution in [3.63, 3.8) is 0 Å². The van der Waals surface area contributed by atoms with Gasteiger partial charge >= 0.3 is 0 Å². The maximum Gasteiger partial charge on any atom is 0.183 e. The van der Waals surface area contributed by atoms with Gasteiger partial charge in [0, 0.05) is 5.92 Å². The Labute approximate surface area is 62.1 Å². The second-order valence-electron chi connectivity index (χ2n) is 3.34. The molecule has 0 bridgehead atoms. The number of hydrogen-bond donors (Lipinski definition) is 1. The van der Waals surface area contributed by atoms with E-state index in [1.807, 2.05) is 0 Å². The van der Waals surface area contributed by atoms with Crippen molar-refractivity contribution in [2.24, 2.45) is 11.8 Å². The minimum Gasteiger partial charge on any atom is -0.481 e. The van der Waals surface area contributed by atoms with Crippen LogP contribution in [-0.4, -0.2) is 12.5 Å². The molecule has 0 saturated heterocycles. The lowest BCUT2D eigenvalue weighted by atomic mass is 10.2. The molecule has 0 aromatic rings. The molecule has 0 amide bonds. The Morgan fingerprint density at radius 1 is 1.60 bits per heavy atom. The first-order valence-corrected chi connectivity index (χ1v) is 3.91. The Bertz CT molecular complexity index is 127. The van der Waals surface area contributed by atoms with Crippen molar-refractivity contribution < 1.29 is 4.74 Å². The molecule has 1 saturated carbocycles. The Morgan fingerprint density at radius 2 is 2.20 bits per heavy atom. The summed E-state index contributed by atoms with van der Waals surface area (Å²) in [6, 6.07) is 0. The van der Waals surface area contributed by atoms with Gasteiger partial charge in [0.2, 0.25) is 0 Å². The second kappa shape index (κ2) is 3.04. The largest absolute Gasteiger partial charge is 0.481 e. The van der Waals surface area contributed by atoms with Crippen molar-refractivity contribution in [2.75, 3.05) is 6.61 Å². The van der Waals surface area contributed by atoms with Gasteiger partial charge in [-0.3, -0.25) is 5.41 Å². The fourth-order valence-corrected chi connectivity index (χ4v) is 0.720.